The van der Waals surface area contributed by atoms with Crippen LogP contribution in [0.3, 0.4) is 0 Å². The predicted molar refractivity (Wildman–Crippen MR) is 530 cm³/mol. The highest BCUT2D eigenvalue weighted by molar-refractivity contribution is 6.15. The van der Waals surface area contributed by atoms with Gasteiger partial charge in [-0.1, -0.05) is 334 Å². The fourth-order valence-corrected chi connectivity index (χ4v) is 19.2. The maximum atomic E-state index is 5.34. The number of benzene rings is 19. The van der Waals surface area contributed by atoms with Gasteiger partial charge in [-0.05, 0) is 239 Å². The third-order valence-corrected chi connectivity index (χ3v) is 25.4. The summed E-state index contributed by atoms with van der Waals surface area (Å²) in [4.78, 5) is 10.7. The molecule has 6 nitrogen and oxygen atoms in total. The van der Waals surface area contributed by atoms with Crippen LogP contribution in [0.5, 0.6) is 0 Å². The minimum absolute atomic E-state index is 0.892. The number of pyridine rings is 2. The van der Waals surface area contributed by atoms with Crippen molar-refractivity contribution >= 4 is 109 Å². The van der Waals surface area contributed by atoms with Crippen molar-refractivity contribution in [1.82, 2.24) is 28.2 Å². The van der Waals surface area contributed by atoms with Gasteiger partial charge in [0.15, 0.2) is 0 Å². The maximum absolute atomic E-state index is 5.34. The second-order valence-corrected chi connectivity index (χ2v) is 32.8. The number of hydrogen-bond donors (Lipinski definition) is 0. The van der Waals surface area contributed by atoms with Crippen LogP contribution < -0.4 is 0 Å². The van der Waals surface area contributed by atoms with Gasteiger partial charge >= 0.3 is 0 Å². The molecule has 6 heterocycles. The number of fused-ring (bicyclic) bond motifs is 14. The minimum Gasteiger partial charge on any atom is -0.309 e. The molecule has 0 amide bonds. The van der Waals surface area contributed by atoms with Crippen molar-refractivity contribution in [1.29, 1.82) is 0 Å². The van der Waals surface area contributed by atoms with E-state index < -0.39 is 0 Å². The van der Waals surface area contributed by atoms with E-state index in [1.165, 1.54) is 148 Å². The molecule has 25 rings (SSSR count). The Morgan fingerprint density at radius 2 is 0.413 bits per heavy atom. The van der Waals surface area contributed by atoms with Crippen molar-refractivity contribution in [3.05, 3.63) is 473 Å². The minimum atomic E-state index is 0.892. The van der Waals surface area contributed by atoms with Gasteiger partial charge in [0.2, 0.25) is 0 Å². The highest BCUT2D eigenvalue weighted by Crippen LogP contribution is 2.44. The molecule has 0 aliphatic carbocycles. The molecule has 0 saturated carbocycles. The SMILES string of the molecule is c1ccc(-c2cc(-c3ccccc3)nc(-n3c4ccccc4c4cc(-c5ccc6c(c5)c5ccccc5n6-c5ccc(-c6ccc7ccccc7c6)cc5)ccc43)c2)cc1.c1ccc(-c2ccc(-c3cccc(-c4cccc(-n5c6ccccc6c6cc(-c7ccc8c(c7)c7ccccc7n8-c7ccc(-c8ccc9ccccc9c8)cc7)ccc65)n4)c3)cc2)cc1. The number of hydrogen-bond acceptors (Lipinski definition) is 2. The Kier molecular flexibility index (Phi) is 17.8. The van der Waals surface area contributed by atoms with Gasteiger partial charge in [0.1, 0.15) is 11.6 Å². The topological polar surface area (TPSA) is 45.5 Å². The summed E-state index contributed by atoms with van der Waals surface area (Å²) < 4.78 is 9.44. The summed E-state index contributed by atoms with van der Waals surface area (Å²) in [5.41, 5.74) is 32.3. The van der Waals surface area contributed by atoms with Crippen LogP contribution in [0, 0.1) is 0 Å². The average molecular weight is 1600 g/mol. The molecule has 19 aromatic carbocycles. The summed E-state index contributed by atoms with van der Waals surface area (Å²) in [6.45, 7) is 0. The molecule has 0 unspecified atom stereocenters. The average Bonchev–Trinajstić information content (AvgIpc) is 1.59. The predicted octanol–water partition coefficient (Wildman–Crippen LogP) is 31.9. The number of para-hydroxylation sites is 4. The van der Waals surface area contributed by atoms with Gasteiger partial charge in [-0.25, -0.2) is 9.97 Å². The molecule has 0 N–H and O–H groups in total. The molecule has 0 bridgehead atoms. The zero-order chi connectivity index (χ0) is 83.1. The molecule has 126 heavy (non-hydrogen) atoms. The van der Waals surface area contributed by atoms with Crippen LogP contribution in [0.2, 0.25) is 0 Å². The molecule has 6 heteroatoms. The zero-order valence-corrected chi connectivity index (χ0v) is 68.7. The Morgan fingerprint density at radius 3 is 0.865 bits per heavy atom. The van der Waals surface area contributed by atoms with Crippen LogP contribution in [0.15, 0.2) is 473 Å². The van der Waals surface area contributed by atoms with Crippen LogP contribution >= 0.6 is 0 Å². The summed E-state index contributed by atoms with van der Waals surface area (Å²) in [5.74, 6) is 1.79. The summed E-state index contributed by atoms with van der Waals surface area (Å²) >= 11 is 0. The van der Waals surface area contributed by atoms with E-state index in [1.54, 1.807) is 0 Å². The number of nitrogens with zero attached hydrogens (tertiary/aromatic N) is 6. The largest absolute Gasteiger partial charge is 0.309 e. The Balaban J connectivity index is 0.000000142. The lowest BCUT2D eigenvalue weighted by Crippen LogP contribution is -2.00. The molecule has 0 saturated heterocycles. The summed E-state index contributed by atoms with van der Waals surface area (Å²) in [5, 5.41) is 14.8. The fraction of sp³-hybridized carbons (Fsp3) is 0. The van der Waals surface area contributed by atoms with Crippen molar-refractivity contribution in [3.63, 3.8) is 0 Å². The van der Waals surface area contributed by atoms with E-state index in [0.717, 1.165) is 84.3 Å². The van der Waals surface area contributed by atoms with Crippen LogP contribution in [-0.4, -0.2) is 28.2 Å². The van der Waals surface area contributed by atoms with E-state index >= 15 is 0 Å². The quantitative estimate of drug-likeness (QED) is 0.115. The summed E-state index contributed by atoms with van der Waals surface area (Å²) in [6, 6.07) is 171. The van der Waals surface area contributed by atoms with Crippen molar-refractivity contribution < 1.29 is 0 Å². The van der Waals surface area contributed by atoms with Crippen molar-refractivity contribution in [2.24, 2.45) is 0 Å². The maximum Gasteiger partial charge on any atom is 0.138 e. The first-order chi connectivity index (χ1) is 62.4. The molecule has 0 spiro atoms. The smallest absolute Gasteiger partial charge is 0.138 e. The molecule has 0 fully saturated rings. The van der Waals surface area contributed by atoms with Crippen molar-refractivity contribution in [2.45, 2.75) is 0 Å². The Labute approximate surface area is 728 Å². The molecule has 0 atom stereocenters. The van der Waals surface area contributed by atoms with Gasteiger partial charge in [0.05, 0.1) is 55.5 Å². The first-order valence-corrected chi connectivity index (χ1v) is 43.1. The molecular weight excluding hydrogens is 1530 g/mol. The summed E-state index contributed by atoms with van der Waals surface area (Å²) in [7, 11) is 0. The van der Waals surface area contributed by atoms with Gasteiger partial charge in [0, 0.05) is 65.6 Å². The van der Waals surface area contributed by atoms with Crippen LogP contribution in [0.1, 0.15) is 0 Å². The van der Waals surface area contributed by atoms with Gasteiger partial charge in [-0.2, -0.15) is 0 Å². The zero-order valence-electron chi connectivity index (χ0n) is 68.7. The lowest BCUT2D eigenvalue weighted by Gasteiger charge is -2.13. The fourth-order valence-electron chi connectivity index (χ4n) is 19.2. The number of aromatic nitrogens is 6. The van der Waals surface area contributed by atoms with E-state index in [9.17, 15) is 0 Å². The van der Waals surface area contributed by atoms with Gasteiger partial charge in [-0.3, -0.25) is 9.13 Å². The molecule has 0 aliphatic heterocycles. The number of rotatable bonds is 13. The molecule has 6 aromatic heterocycles. The van der Waals surface area contributed by atoms with E-state index in [0.29, 0.717) is 0 Å². The Morgan fingerprint density at radius 1 is 0.127 bits per heavy atom. The van der Waals surface area contributed by atoms with Crippen LogP contribution in [-0.2, 0) is 0 Å². The third kappa shape index (κ3) is 13.0. The van der Waals surface area contributed by atoms with E-state index in [2.05, 4.69) is 491 Å². The van der Waals surface area contributed by atoms with E-state index in [4.69, 9.17) is 9.97 Å². The molecule has 0 aliphatic rings. The second-order valence-electron chi connectivity index (χ2n) is 32.8. The lowest BCUT2D eigenvalue weighted by molar-refractivity contribution is 1.08. The molecule has 588 valence electrons. The van der Waals surface area contributed by atoms with Crippen LogP contribution in [0.25, 0.3) is 232 Å². The first kappa shape index (κ1) is 73.1. The van der Waals surface area contributed by atoms with Crippen molar-refractivity contribution in [3.8, 4) is 123 Å². The molecule has 25 aromatic rings. The van der Waals surface area contributed by atoms with Gasteiger partial charge < -0.3 is 9.13 Å². The highest BCUT2D eigenvalue weighted by atomic mass is 15.1. The molecular formula is C120H78N6. The Bertz CT molecular complexity index is 8490. The third-order valence-electron chi connectivity index (χ3n) is 25.4. The first-order valence-electron chi connectivity index (χ1n) is 43.1. The van der Waals surface area contributed by atoms with Crippen LogP contribution in [0.4, 0.5) is 0 Å². The van der Waals surface area contributed by atoms with Gasteiger partial charge in [-0.15, -0.1) is 0 Å². The molecule has 0 radical (unpaired) electrons. The van der Waals surface area contributed by atoms with Gasteiger partial charge in [0.25, 0.3) is 0 Å². The highest BCUT2D eigenvalue weighted by Gasteiger charge is 2.22. The lowest BCUT2D eigenvalue weighted by atomic mass is 9.98. The summed E-state index contributed by atoms with van der Waals surface area (Å²) in [6.07, 6.45) is 0. The Hall–Kier alpha value is -16.8. The monoisotopic (exact) mass is 1600 g/mol. The van der Waals surface area contributed by atoms with Crippen molar-refractivity contribution in [2.75, 3.05) is 0 Å². The normalized spacial score (nSPS) is 11.7. The standard InChI is InChI=1S/C63H41N3.C57H37N3/c1-2-12-42(13-3-1)44-24-26-45(27-25-44)48-16-10-17-52(39-48)58-20-11-23-63(64-58)66-60-22-9-7-19-55(60)57-41-51(33-37-62(57)66)50-32-36-61-56(40-50)54-18-6-8-21-59(54)65(61)53-34-30-46(31-35-53)49-29-28-43-14-4-5-15-47(43)38-49;1-3-13-38(14-4-1)46-36-52(41-16-5-2-6-17-41)58-57(37-46)60-54-22-12-10-20-49(54)51-35-45(28-32-56(51)60)44-27-31-55-50(34-44)48-19-9-11-21-53(48)59(55)47-29-25-40(26-30-47)43-24-23-39-15-7-8-18-42(39)33-43/h1-41H;1-37H. The van der Waals surface area contributed by atoms with E-state index in [-0.39, 0.29) is 0 Å². The van der Waals surface area contributed by atoms with E-state index in [1.807, 2.05) is 0 Å². The second kappa shape index (κ2) is 30.7.